The lowest BCUT2D eigenvalue weighted by Crippen LogP contribution is -2.88. The molecular weight excluding hydrogens is 521 g/mol. The van der Waals surface area contributed by atoms with E-state index in [4.69, 9.17) is 37.3 Å². The van der Waals surface area contributed by atoms with E-state index in [1.165, 1.54) is 46.0 Å². The Hall–Kier alpha value is -0.948. The van der Waals surface area contributed by atoms with Crippen molar-refractivity contribution in [3.8, 4) is 43.3 Å². The topological polar surface area (TPSA) is 36.9 Å². The highest BCUT2D eigenvalue weighted by Gasteiger charge is 2.67. The van der Waals surface area contributed by atoms with Crippen LogP contribution in [0.2, 0.25) is 6.04 Å². The fraction of sp³-hybridized carbons (Fsp3) is 0.294. The Morgan fingerprint density at radius 3 is 1.93 bits per heavy atom. The van der Waals surface area contributed by atoms with Crippen LogP contribution in [0.1, 0.15) is 16.7 Å². The molecule has 0 saturated heterocycles. The second-order valence-corrected chi connectivity index (χ2v) is 116. The minimum Gasteiger partial charge on any atom is -0.514 e. The molecule has 30 heavy (non-hydrogen) atoms. The van der Waals surface area contributed by atoms with E-state index in [1.807, 2.05) is 0 Å². The van der Waals surface area contributed by atoms with E-state index in [9.17, 15) is 0 Å². The molecule has 1 aromatic rings. The molecule has 0 fully saturated rings. The van der Waals surface area contributed by atoms with E-state index in [1.54, 1.807) is 7.11 Å². The third-order valence-electron chi connectivity index (χ3n) is 6.34. The van der Waals surface area contributed by atoms with Crippen molar-refractivity contribution < 1.29 is 18.0 Å². The summed E-state index contributed by atoms with van der Waals surface area (Å²) < 4.78 is 23.7. The summed E-state index contributed by atoms with van der Waals surface area (Å²) >= 11 is 0. The Bertz CT molecular complexity index is 863. The molecule has 1 aromatic carbocycles. The maximum Gasteiger partial charge on any atom is 0.432 e. The van der Waals surface area contributed by atoms with Crippen molar-refractivity contribution in [2.75, 3.05) is 7.11 Å². The summed E-state index contributed by atoms with van der Waals surface area (Å²) in [6.07, 6.45) is 24.0. The third kappa shape index (κ3) is 5.45. The monoisotopic (exact) mass is 554 g/mol. The zero-order valence-electron chi connectivity index (χ0n) is 19.5. The molecule has 1 unspecified atom stereocenters. The molecule has 1 atom stereocenters. The summed E-state index contributed by atoms with van der Waals surface area (Å²) in [7, 11) is 5.17. The summed E-state index contributed by atoms with van der Waals surface area (Å²) in [5.74, 6) is 0.931. The van der Waals surface area contributed by atoms with E-state index in [0.717, 1.165) is 37.7 Å². The third-order valence-corrected chi connectivity index (χ3v) is 155. The Morgan fingerprint density at radius 2 is 1.50 bits per heavy atom. The molecule has 0 amide bonds. The number of hydrogen-bond acceptors (Lipinski definition) is 4. The van der Waals surface area contributed by atoms with E-state index >= 15 is 0 Å². The first-order valence-electron chi connectivity index (χ1n) is 9.92. The average molecular weight is 555 g/mol. The maximum absolute atomic E-state index is 6.24. The van der Waals surface area contributed by atoms with Crippen LogP contribution in [-0.4, -0.2) is 84.4 Å². The molecule has 0 radical (unpaired) electrons. The quantitative estimate of drug-likeness (QED) is 0.215. The van der Waals surface area contributed by atoms with Crippen LogP contribution in [0.4, 0.5) is 0 Å². The Labute approximate surface area is 200 Å². The molecule has 0 heterocycles. The number of aryl methyl sites for hydroxylation is 1. The summed E-state index contributed by atoms with van der Waals surface area (Å²) in [4.78, 5) is 0. The smallest absolute Gasteiger partial charge is 0.432 e. The van der Waals surface area contributed by atoms with Crippen LogP contribution in [0.5, 0.6) is 5.75 Å². The zero-order valence-corrected chi connectivity index (χ0v) is 33.7. The van der Waals surface area contributed by atoms with Gasteiger partial charge in [-0.15, -0.1) is 0 Å². The summed E-state index contributed by atoms with van der Waals surface area (Å²) in [6.45, 7) is 0.219. The van der Waals surface area contributed by atoms with Gasteiger partial charge >= 0.3 is 8.80 Å². The predicted molar refractivity (Wildman–Crippen MR) is 155 cm³/mol. The maximum atomic E-state index is 6.24. The highest BCUT2D eigenvalue weighted by atomic mass is 30.4. The van der Waals surface area contributed by atoms with Crippen LogP contribution in [0.3, 0.4) is 0 Å². The van der Waals surface area contributed by atoms with Crippen LogP contribution in [-0.2, 0) is 19.7 Å². The van der Waals surface area contributed by atoms with E-state index in [-0.39, 0.29) is 0 Å². The largest absolute Gasteiger partial charge is 0.514 e. The first kappa shape index (κ1) is 27.1. The summed E-state index contributed by atoms with van der Waals surface area (Å²) in [6, 6.07) is 5.37. The van der Waals surface area contributed by atoms with Crippen molar-refractivity contribution in [1.29, 1.82) is 0 Å². The van der Waals surface area contributed by atoms with Gasteiger partial charge in [-0.2, -0.15) is 0 Å². The molecule has 0 spiro atoms. The average Bonchev–Trinajstić information content (AvgIpc) is 2.64. The molecule has 4 nitrogen and oxygen atoms in total. The Morgan fingerprint density at radius 1 is 0.933 bits per heavy atom. The standard InChI is InChI=1S/C17H34O4Si9/c1-7-19-27(20-8-2)28(30(24,25)26,29(22,23)21-9-3)13-12-16-10-11-17(18-6)15(5)14(16)4/h1-3,10-11,27H,12-13H2,4-6,22-26H3. The highest BCUT2D eigenvalue weighted by molar-refractivity contribution is 8.11. The molecule has 0 N–H and O–H groups in total. The fourth-order valence-corrected chi connectivity index (χ4v) is 274. The van der Waals surface area contributed by atoms with Crippen molar-refractivity contribution >= 4 is 77.2 Å². The number of benzene rings is 1. The Balaban J connectivity index is 3.61. The van der Waals surface area contributed by atoms with Crippen molar-refractivity contribution in [3.63, 3.8) is 0 Å². The van der Waals surface area contributed by atoms with Crippen LogP contribution in [0.15, 0.2) is 12.1 Å². The van der Waals surface area contributed by atoms with E-state index < -0.39 is 28.4 Å². The van der Waals surface area contributed by atoms with E-state index in [0.29, 0.717) is 0 Å². The molecular formula is C17H34O4Si9. The van der Waals surface area contributed by atoms with Crippen LogP contribution in [0.25, 0.3) is 0 Å². The van der Waals surface area contributed by atoms with Gasteiger partial charge in [-0.05, 0) is 72.3 Å². The van der Waals surface area contributed by atoms with Crippen LogP contribution >= 0.6 is 0 Å². The van der Waals surface area contributed by atoms with Crippen molar-refractivity contribution in [1.82, 2.24) is 0 Å². The molecule has 0 aliphatic carbocycles. The van der Waals surface area contributed by atoms with Gasteiger partial charge in [0.1, 0.15) is 5.75 Å². The van der Waals surface area contributed by atoms with E-state index in [2.05, 4.69) is 44.3 Å². The van der Waals surface area contributed by atoms with Gasteiger partial charge in [0.25, 0.3) is 0 Å². The SMILES string of the molecule is C#CO[SiH](OC#C)[Si](CCc1ccc(OC)c(C)c1C)([Si]([SiH3])([SiH3])[SiH3])[Si]([SiH3])([SiH3])OC#C. The number of rotatable bonds is 10. The minimum absolute atomic E-state index is 0.931. The van der Waals surface area contributed by atoms with Gasteiger partial charge in [-0.1, -0.05) is 31.4 Å². The zero-order chi connectivity index (χ0) is 23.2. The van der Waals surface area contributed by atoms with Gasteiger partial charge in [-0.3, -0.25) is 0 Å². The lowest BCUT2D eigenvalue weighted by molar-refractivity contribution is 0.400. The molecule has 1 rings (SSSR count). The van der Waals surface area contributed by atoms with Crippen LogP contribution < -0.4 is 4.74 Å². The minimum atomic E-state index is -2.23. The number of ether oxygens (including phenoxy) is 1. The number of methoxy groups -OCH3 is 1. The Kier molecular flexibility index (Phi) is 10.0. The molecule has 162 valence electrons. The highest BCUT2D eigenvalue weighted by Crippen LogP contribution is 2.32. The summed E-state index contributed by atoms with van der Waals surface area (Å²) in [5, 5.41) is 0. The number of terminal acetylenes is 3. The fourth-order valence-electron chi connectivity index (χ4n) is 4.60. The first-order chi connectivity index (χ1) is 13.9. The lowest BCUT2D eigenvalue weighted by Gasteiger charge is -2.50. The van der Waals surface area contributed by atoms with Gasteiger partial charge in [-0.25, -0.2) is 0 Å². The van der Waals surface area contributed by atoms with Gasteiger partial charge < -0.3 is 18.0 Å². The predicted octanol–water partition coefficient (Wildman–Crippen LogP) is -4.71. The normalized spacial score (nSPS) is 17.1. The lowest BCUT2D eigenvalue weighted by atomic mass is 10.0. The van der Waals surface area contributed by atoms with Crippen molar-refractivity contribution in [3.05, 3.63) is 28.8 Å². The first-order valence-corrected chi connectivity index (χ1v) is 38.3. The van der Waals surface area contributed by atoms with Gasteiger partial charge in [0.2, 0.25) is 6.87 Å². The molecule has 0 aliphatic heterocycles. The number of hydrogen-bond donors (Lipinski definition) is 0. The van der Waals surface area contributed by atoms with Crippen molar-refractivity contribution in [2.45, 2.75) is 26.3 Å². The molecule has 0 aliphatic rings. The molecule has 13 heteroatoms. The second kappa shape index (κ2) is 11.1. The second-order valence-electron chi connectivity index (χ2n) is 8.93. The van der Waals surface area contributed by atoms with Crippen LogP contribution in [0, 0.1) is 51.4 Å². The van der Waals surface area contributed by atoms with Gasteiger partial charge in [0.05, 0.1) is 25.4 Å². The molecule has 0 bridgehead atoms. The van der Waals surface area contributed by atoms with Gasteiger partial charge in [0.15, 0.2) is 6.63 Å². The molecule has 0 saturated carbocycles. The van der Waals surface area contributed by atoms with Crippen molar-refractivity contribution in [2.24, 2.45) is 0 Å². The molecule has 0 aromatic heterocycles. The summed E-state index contributed by atoms with van der Waals surface area (Å²) in [5.41, 5.74) is 3.85. The van der Waals surface area contributed by atoms with Gasteiger partial charge in [0, 0.05) is 25.7 Å².